The lowest BCUT2D eigenvalue weighted by molar-refractivity contribution is 0.0423. The van der Waals surface area contributed by atoms with E-state index in [1.54, 1.807) is 0 Å². The van der Waals surface area contributed by atoms with Gasteiger partial charge in [-0.2, -0.15) is 0 Å². The first-order chi connectivity index (χ1) is 7.19. The molecule has 1 aliphatic rings. The number of nitrogens with zero attached hydrogens (tertiary/aromatic N) is 1. The molecule has 0 aromatic carbocycles. The van der Waals surface area contributed by atoms with Gasteiger partial charge in [0.05, 0.1) is 6.10 Å². The second-order valence-corrected chi connectivity index (χ2v) is 5.02. The highest BCUT2D eigenvalue weighted by molar-refractivity contribution is 4.78. The fourth-order valence-corrected chi connectivity index (χ4v) is 2.83. The van der Waals surface area contributed by atoms with Crippen LogP contribution in [-0.2, 0) is 0 Å². The molecule has 0 saturated heterocycles. The predicted molar refractivity (Wildman–Crippen MR) is 65.0 cm³/mol. The van der Waals surface area contributed by atoms with Gasteiger partial charge in [-0.3, -0.25) is 0 Å². The van der Waals surface area contributed by atoms with E-state index in [0.717, 1.165) is 13.0 Å². The predicted octanol–water partition coefficient (Wildman–Crippen LogP) is 2.66. The zero-order chi connectivity index (χ0) is 11.3. The number of aliphatic hydroxyl groups excluding tert-OH is 1. The summed E-state index contributed by atoms with van der Waals surface area (Å²) < 4.78 is 0. The Labute approximate surface area is 94.7 Å². The molecule has 2 atom stereocenters. The van der Waals surface area contributed by atoms with Gasteiger partial charge in [-0.25, -0.2) is 0 Å². The van der Waals surface area contributed by atoms with Crippen LogP contribution in [0.3, 0.4) is 0 Å². The van der Waals surface area contributed by atoms with Gasteiger partial charge in [0, 0.05) is 12.6 Å². The average Bonchev–Trinajstić information content (AvgIpc) is 2.23. The Morgan fingerprint density at radius 2 is 1.80 bits per heavy atom. The quantitative estimate of drug-likeness (QED) is 0.759. The summed E-state index contributed by atoms with van der Waals surface area (Å²) >= 11 is 0. The Hall–Kier alpha value is -0.0800. The molecule has 0 heterocycles. The van der Waals surface area contributed by atoms with E-state index in [9.17, 15) is 5.11 Å². The maximum Gasteiger partial charge on any atom is 0.0580 e. The van der Waals surface area contributed by atoms with Crippen LogP contribution in [0.1, 0.15) is 52.4 Å². The van der Waals surface area contributed by atoms with E-state index < -0.39 is 0 Å². The molecule has 0 aromatic rings. The fourth-order valence-electron chi connectivity index (χ4n) is 2.83. The summed E-state index contributed by atoms with van der Waals surface area (Å²) in [6.45, 7) is 5.58. The minimum absolute atomic E-state index is 0.0458. The molecule has 1 saturated carbocycles. The second kappa shape index (κ2) is 6.49. The summed E-state index contributed by atoms with van der Waals surface area (Å²) in [5, 5.41) is 9.92. The first-order valence-corrected chi connectivity index (χ1v) is 6.57. The van der Waals surface area contributed by atoms with Crippen LogP contribution < -0.4 is 0 Å². The zero-order valence-corrected chi connectivity index (χ0v) is 10.6. The van der Waals surface area contributed by atoms with E-state index in [4.69, 9.17) is 0 Å². The number of hydrogen-bond acceptors (Lipinski definition) is 2. The van der Waals surface area contributed by atoms with Gasteiger partial charge >= 0.3 is 0 Å². The molecule has 1 rings (SSSR count). The van der Waals surface area contributed by atoms with Gasteiger partial charge in [0.1, 0.15) is 0 Å². The van der Waals surface area contributed by atoms with Crippen molar-refractivity contribution in [2.75, 3.05) is 13.6 Å². The molecule has 0 radical (unpaired) electrons. The van der Waals surface area contributed by atoms with Gasteiger partial charge < -0.3 is 10.0 Å². The summed E-state index contributed by atoms with van der Waals surface area (Å²) in [4.78, 5) is 2.44. The highest BCUT2D eigenvalue weighted by atomic mass is 16.3. The monoisotopic (exact) mass is 213 g/mol. The summed E-state index contributed by atoms with van der Waals surface area (Å²) in [5.41, 5.74) is 0. The molecule has 0 amide bonds. The minimum Gasteiger partial charge on any atom is -0.393 e. The lowest BCUT2D eigenvalue weighted by Crippen LogP contribution is -2.39. The van der Waals surface area contributed by atoms with Crippen LogP contribution in [0.15, 0.2) is 0 Å². The third-order valence-corrected chi connectivity index (χ3v) is 3.96. The first-order valence-electron chi connectivity index (χ1n) is 6.57. The van der Waals surface area contributed by atoms with Crippen molar-refractivity contribution in [2.24, 2.45) is 5.92 Å². The molecule has 0 bridgehead atoms. The van der Waals surface area contributed by atoms with Crippen molar-refractivity contribution in [3.05, 3.63) is 0 Å². The molecular weight excluding hydrogens is 186 g/mol. The molecular formula is C13H27NO. The maximum absolute atomic E-state index is 9.92. The Balaban J connectivity index is 2.38. The lowest BCUT2D eigenvalue weighted by atomic mass is 9.86. The topological polar surface area (TPSA) is 23.5 Å². The largest absolute Gasteiger partial charge is 0.393 e. The Kier molecular flexibility index (Phi) is 5.62. The zero-order valence-electron chi connectivity index (χ0n) is 10.6. The van der Waals surface area contributed by atoms with Crippen molar-refractivity contribution in [1.29, 1.82) is 0 Å². The molecule has 2 unspecified atom stereocenters. The van der Waals surface area contributed by atoms with E-state index >= 15 is 0 Å². The van der Waals surface area contributed by atoms with Crippen LogP contribution in [0.25, 0.3) is 0 Å². The van der Waals surface area contributed by atoms with Crippen molar-refractivity contribution >= 4 is 0 Å². The third kappa shape index (κ3) is 3.76. The van der Waals surface area contributed by atoms with E-state index in [1.165, 1.54) is 32.1 Å². The molecule has 0 spiro atoms. The van der Waals surface area contributed by atoms with Gasteiger partial charge in [-0.15, -0.1) is 0 Å². The van der Waals surface area contributed by atoms with Gasteiger partial charge in [-0.1, -0.05) is 26.7 Å². The third-order valence-electron chi connectivity index (χ3n) is 3.96. The van der Waals surface area contributed by atoms with Crippen LogP contribution in [0.2, 0.25) is 0 Å². The first kappa shape index (κ1) is 13.0. The Bertz CT molecular complexity index is 168. The van der Waals surface area contributed by atoms with Crippen molar-refractivity contribution in [1.82, 2.24) is 4.90 Å². The molecule has 2 nitrogen and oxygen atoms in total. The van der Waals surface area contributed by atoms with Gasteiger partial charge in [-0.05, 0) is 38.6 Å². The van der Waals surface area contributed by atoms with E-state index in [1.807, 2.05) is 0 Å². The van der Waals surface area contributed by atoms with Crippen LogP contribution in [0.4, 0.5) is 0 Å². The van der Waals surface area contributed by atoms with Crippen LogP contribution >= 0.6 is 0 Å². The molecule has 0 aliphatic heterocycles. The molecule has 1 N–H and O–H groups in total. The van der Waals surface area contributed by atoms with Crippen molar-refractivity contribution in [3.63, 3.8) is 0 Å². The molecule has 1 fully saturated rings. The normalized spacial score (nSPS) is 27.6. The lowest BCUT2D eigenvalue weighted by Gasteiger charge is -2.34. The molecule has 2 heteroatoms. The average molecular weight is 213 g/mol. The van der Waals surface area contributed by atoms with Gasteiger partial charge in [0.15, 0.2) is 0 Å². The summed E-state index contributed by atoms with van der Waals surface area (Å²) in [7, 11) is 2.21. The molecule has 0 aromatic heterocycles. The van der Waals surface area contributed by atoms with E-state index in [2.05, 4.69) is 25.8 Å². The van der Waals surface area contributed by atoms with Gasteiger partial charge in [0.2, 0.25) is 0 Å². The summed E-state index contributed by atoms with van der Waals surface area (Å²) in [6, 6.07) is 0.694. The number of aliphatic hydroxyl groups is 1. The van der Waals surface area contributed by atoms with Crippen molar-refractivity contribution < 1.29 is 5.11 Å². The smallest absolute Gasteiger partial charge is 0.0580 e. The van der Waals surface area contributed by atoms with Crippen molar-refractivity contribution in [3.8, 4) is 0 Å². The summed E-state index contributed by atoms with van der Waals surface area (Å²) in [6.07, 6.45) is 7.14. The van der Waals surface area contributed by atoms with Crippen LogP contribution in [0.5, 0.6) is 0 Å². The molecule has 1 aliphatic carbocycles. The Morgan fingerprint density at radius 1 is 1.20 bits per heavy atom. The summed E-state index contributed by atoms with van der Waals surface area (Å²) in [5.74, 6) is 0.518. The SMILES string of the molecule is CCC(CC)N(C)CC1CCCCC1O. The minimum atomic E-state index is -0.0458. The highest BCUT2D eigenvalue weighted by Crippen LogP contribution is 2.25. The van der Waals surface area contributed by atoms with Crippen molar-refractivity contribution in [2.45, 2.75) is 64.5 Å². The number of hydrogen-bond donors (Lipinski definition) is 1. The van der Waals surface area contributed by atoms with Crippen LogP contribution in [-0.4, -0.2) is 35.7 Å². The standard InChI is InChI=1S/C13H27NO/c1-4-12(5-2)14(3)10-11-8-6-7-9-13(11)15/h11-13,15H,4-10H2,1-3H3. The van der Waals surface area contributed by atoms with E-state index in [-0.39, 0.29) is 6.10 Å². The van der Waals surface area contributed by atoms with E-state index in [0.29, 0.717) is 12.0 Å². The number of rotatable bonds is 5. The van der Waals surface area contributed by atoms with Crippen LogP contribution in [0, 0.1) is 5.92 Å². The fraction of sp³-hybridized carbons (Fsp3) is 1.00. The highest BCUT2D eigenvalue weighted by Gasteiger charge is 2.25. The Morgan fingerprint density at radius 3 is 2.33 bits per heavy atom. The maximum atomic E-state index is 9.92. The van der Waals surface area contributed by atoms with Gasteiger partial charge in [0.25, 0.3) is 0 Å². The molecule has 90 valence electrons. The second-order valence-electron chi connectivity index (χ2n) is 5.02. The molecule has 15 heavy (non-hydrogen) atoms.